The van der Waals surface area contributed by atoms with Crippen LogP contribution in [-0.4, -0.2) is 31.1 Å². The molecule has 0 saturated heterocycles. The van der Waals surface area contributed by atoms with Gasteiger partial charge in [0.05, 0.1) is 0 Å². The number of nitrogens with two attached hydrogens (primary N) is 1. The summed E-state index contributed by atoms with van der Waals surface area (Å²) in [4.78, 5) is 2.27. The third-order valence-electron chi connectivity index (χ3n) is 2.46. The summed E-state index contributed by atoms with van der Waals surface area (Å²) in [5, 5.41) is 0. The van der Waals surface area contributed by atoms with Crippen LogP contribution in [-0.2, 0) is 0 Å². The first-order chi connectivity index (χ1) is 5.79. The maximum Gasteiger partial charge on any atom is 0.0246 e. The monoisotopic (exact) mass is 188 g/mol. The summed E-state index contributed by atoms with van der Waals surface area (Å²) in [6.07, 6.45) is 4.64. The summed E-state index contributed by atoms with van der Waals surface area (Å²) in [6.45, 7) is 1.67. The van der Waals surface area contributed by atoms with Crippen molar-refractivity contribution in [1.82, 2.24) is 4.90 Å². The van der Waals surface area contributed by atoms with E-state index in [1.807, 2.05) is 6.08 Å². The van der Waals surface area contributed by atoms with Crippen molar-refractivity contribution in [1.29, 1.82) is 0 Å². The maximum atomic E-state index is 5.69. The van der Waals surface area contributed by atoms with E-state index in [1.165, 1.54) is 12.8 Å². The molecule has 1 fully saturated rings. The topological polar surface area (TPSA) is 29.3 Å². The molecular weight excluding hydrogens is 172 g/mol. The second-order valence-electron chi connectivity index (χ2n) is 3.44. The van der Waals surface area contributed by atoms with E-state index in [0.29, 0.717) is 6.04 Å². The molecule has 0 spiro atoms. The summed E-state index contributed by atoms with van der Waals surface area (Å²) in [5.41, 5.74) is 7.25. The minimum atomic E-state index is 0.554. The van der Waals surface area contributed by atoms with Crippen molar-refractivity contribution < 1.29 is 0 Å². The minimum absolute atomic E-state index is 0.554. The van der Waals surface area contributed by atoms with Crippen molar-refractivity contribution in [3.8, 4) is 0 Å². The van der Waals surface area contributed by atoms with Crippen molar-refractivity contribution in [3.05, 3.63) is 11.6 Å². The van der Waals surface area contributed by atoms with Gasteiger partial charge in [-0.25, -0.2) is 0 Å². The Hall–Kier alpha value is -0.0500. The second-order valence-corrected chi connectivity index (χ2v) is 3.69. The fourth-order valence-electron chi connectivity index (χ4n) is 1.55. The summed E-state index contributed by atoms with van der Waals surface area (Å²) >= 11 is 5.45. The SMILES string of the molecule is CN(C/C=C/Cl)C(CN)C1CC1. The molecule has 0 radical (unpaired) electrons. The highest BCUT2D eigenvalue weighted by Gasteiger charge is 2.32. The number of rotatable bonds is 5. The molecule has 1 saturated carbocycles. The predicted octanol–water partition coefficient (Wildman–Crippen LogP) is 1.41. The van der Waals surface area contributed by atoms with Crippen molar-refractivity contribution in [2.45, 2.75) is 18.9 Å². The molecule has 0 heterocycles. The summed E-state index contributed by atoms with van der Waals surface area (Å²) in [7, 11) is 2.10. The molecule has 0 aromatic rings. The predicted molar refractivity (Wildman–Crippen MR) is 53.2 cm³/mol. The van der Waals surface area contributed by atoms with E-state index in [0.717, 1.165) is 19.0 Å². The van der Waals surface area contributed by atoms with Gasteiger partial charge in [-0.2, -0.15) is 0 Å². The molecule has 0 aromatic carbocycles. The number of hydrogen-bond acceptors (Lipinski definition) is 2. The Kier molecular flexibility index (Phi) is 4.06. The summed E-state index contributed by atoms with van der Waals surface area (Å²) in [5.74, 6) is 0.837. The fraction of sp³-hybridized carbons (Fsp3) is 0.778. The number of hydrogen-bond donors (Lipinski definition) is 1. The van der Waals surface area contributed by atoms with Crippen LogP contribution < -0.4 is 5.73 Å². The molecule has 0 bridgehead atoms. The van der Waals surface area contributed by atoms with Crippen LogP contribution in [0.2, 0.25) is 0 Å². The maximum absolute atomic E-state index is 5.69. The van der Waals surface area contributed by atoms with Crippen LogP contribution in [0.15, 0.2) is 11.6 Å². The third kappa shape index (κ3) is 2.77. The van der Waals surface area contributed by atoms with Gasteiger partial charge in [-0.3, -0.25) is 4.90 Å². The molecule has 0 amide bonds. The van der Waals surface area contributed by atoms with Crippen molar-refractivity contribution >= 4 is 11.6 Å². The lowest BCUT2D eigenvalue weighted by atomic mass is 10.1. The van der Waals surface area contributed by atoms with Crippen LogP contribution in [0.25, 0.3) is 0 Å². The summed E-state index contributed by atoms with van der Waals surface area (Å²) < 4.78 is 0. The average molecular weight is 189 g/mol. The highest BCUT2D eigenvalue weighted by atomic mass is 35.5. The second kappa shape index (κ2) is 4.85. The Morgan fingerprint density at radius 1 is 1.67 bits per heavy atom. The van der Waals surface area contributed by atoms with Crippen LogP contribution in [0.1, 0.15) is 12.8 Å². The molecule has 1 unspecified atom stereocenters. The first kappa shape index (κ1) is 10.0. The van der Waals surface area contributed by atoms with Crippen molar-refractivity contribution in [2.75, 3.05) is 20.1 Å². The van der Waals surface area contributed by atoms with E-state index in [4.69, 9.17) is 17.3 Å². The van der Waals surface area contributed by atoms with Crippen molar-refractivity contribution in [3.63, 3.8) is 0 Å². The van der Waals surface area contributed by atoms with Gasteiger partial charge in [-0.1, -0.05) is 17.7 Å². The average Bonchev–Trinajstić information content (AvgIpc) is 2.86. The first-order valence-corrected chi connectivity index (χ1v) is 4.88. The Balaban J connectivity index is 2.30. The smallest absolute Gasteiger partial charge is 0.0246 e. The largest absolute Gasteiger partial charge is 0.329 e. The van der Waals surface area contributed by atoms with Crippen LogP contribution in [0.4, 0.5) is 0 Å². The number of nitrogens with zero attached hydrogens (tertiary/aromatic N) is 1. The van der Waals surface area contributed by atoms with E-state index in [2.05, 4.69) is 11.9 Å². The highest BCUT2D eigenvalue weighted by molar-refractivity contribution is 6.25. The Morgan fingerprint density at radius 2 is 2.33 bits per heavy atom. The van der Waals surface area contributed by atoms with Gasteiger partial charge in [0.15, 0.2) is 0 Å². The molecule has 70 valence electrons. The molecule has 1 aliphatic rings. The van der Waals surface area contributed by atoms with Crippen LogP contribution in [0.5, 0.6) is 0 Å². The zero-order valence-corrected chi connectivity index (χ0v) is 8.30. The zero-order valence-electron chi connectivity index (χ0n) is 7.54. The van der Waals surface area contributed by atoms with Crippen molar-refractivity contribution in [2.24, 2.45) is 11.7 Å². The van der Waals surface area contributed by atoms with E-state index < -0.39 is 0 Å². The lowest BCUT2D eigenvalue weighted by molar-refractivity contribution is 0.246. The fourth-order valence-corrected chi connectivity index (χ4v) is 1.63. The van der Waals surface area contributed by atoms with Gasteiger partial charge >= 0.3 is 0 Å². The first-order valence-electron chi connectivity index (χ1n) is 4.45. The van der Waals surface area contributed by atoms with E-state index in [9.17, 15) is 0 Å². The molecule has 2 N–H and O–H groups in total. The third-order valence-corrected chi connectivity index (χ3v) is 2.63. The molecule has 0 aliphatic heterocycles. The Morgan fingerprint density at radius 3 is 2.75 bits per heavy atom. The molecule has 3 heteroatoms. The molecule has 1 aliphatic carbocycles. The number of halogens is 1. The Labute approximate surface area is 79.4 Å². The van der Waals surface area contributed by atoms with E-state index in [-0.39, 0.29) is 0 Å². The quantitative estimate of drug-likeness (QED) is 0.707. The highest BCUT2D eigenvalue weighted by Crippen LogP contribution is 2.34. The molecule has 1 atom stereocenters. The Bertz CT molecular complexity index is 155. The van der Waals surface area contributed by atoms with Crippen LogP contribution >= 0.6 is 11.6 Å². The van der Waals surface area contributed by atoms with Crippen LogP contribution in [0, 0.1) is 5.92 Å². The molecule has 1 rings (SSSR count). The van der Waals surface area contributed by atoms with Gasteiger partial charge in [-0.15, -0.1) is 0 Å². The number of likely N-dealkylation sites (N-methyl/N-ethyl adjacent to an activating group) is 1. The lowest BCUT2D eigenvalue weighted by Gasteiger charge is -2.25. The molecule has 12 heavy (non-hydrogen) atoms. The van der Waals surface area contributed by atoms with Gasteiger partial charge in [0, 0.05) is 24.7 Å². The standard InChI is InChI=1S/C9H17ClN2/c1-12(6-2-5-10)9(7-11)8-3-4-8/h2,5,8-9H,3-4,6-7,11H2,1H3/b5-2+. The summed E-state index contributed by atoms with van der Waals surface area (Å²) in [6, 6.07) is 0.554. The molecule has 0 aromatic heterocycles. The van der Waals surface area contributed by atoms with E-state index >= 15 is 0 Å². The van der Waals surface area contributed by atoms with Crippen LogP contribution in [0.3, 0.4) is 0 Å². The van der Waals surface area contributed by atoms with Gasteiger partial charge < -0.3 is 5.73 Å². The lowest BCUT2D eigenvalue weighted by Crippen LogP contribution is -2.39. The zero-order chi connectivity index (χ0) is 8.97. The minimum Gasteiger partial charge on any atom is -0.329 e. The molecule has 2 nitrogen and oxygen atoms in total. The van der Waals surface area contributed by atoms with Gasteiger partial charge in [-0.05, 0) is 25.8 Å². The van der Waals surface area contributed by atoms with Gasteiger partial charge in [0.2, 0.25) is 0 Å². The van der Waals surface area contributed by atoms with E-state index in [1.54, 1.807) is 5.54 Å². The normalized spacial score (nSPS) is 20.7. The molecular formula is C9H17ClN2. The van der Waals surface area contributed by atoms with Gasteiger partial charge in [0.25, 0.3) is 0 Å². The van der Waals surface area contributed by atoms with Gasteiger partial charge in [0.1, 0.15) is 0 Å².